The normalized spacial score (nSPS) is 18.2. The Morgan fingerprint density at radius 2 is 1.94 bits per heavy atom. The molecule has 3 rings (SSSR count). The molecule has 3 nitrogen and oxygen atoms in total. The molecule has 0 amide bonds. The Bertz CT molecular complexity index is 551. The molecule has 3 heteroatoms. The second kappa shape index (κ2) is 3.77. The quantitative estimate of drug-likeness (QED) is 0.811. The highest BCUT2D eigenvalue weighted by atomic mass is 15.2. The lowest BCUT2D eigenvalue weighted by Crippen LogP contribution is -2.24. The molecule has 2 N–H and O–H groups in total. The number of benzene rings is 1. The maximum absolute atomic E-state index is 5.97. The van der Waals surface area contributed by atoms with Crippen molar-refractivity contribution in [2.75, 3.05) is 10.6 Å². The number of rotatable bonds is 1. The standard InChI is InChI=1S/C14H15N3/c1-10-9-11-5-2-3-6-12(11)17(10)13-7-4-8-16-14(13)15/h2-8,10H,9H2,1H3,(H2,15,16). The Morgan fingerprint density at radius 3 is 2.76 bits per heavy atom. The van der Waals surface area contributed by atoms with Crippen LogP contribution in [0.25, 0.3) is 0 Å². The third-order valence-corrected chi connectivity index (χ3v) is 3.28. The van der Waals surface area contributed by atoms with E-state index in [0.717, 1.165) is 12.1 Å². The lowest BCUT2D eigenvalue weighted by atomic mass is 10.1. The van der Waals surface area contributed by atoms with Crippen LogP contribution in [0.1, 0.15) is 12.5 Å². The summed E-state index contributed by atoms with van der Waals surface area (Å²) in [5, 5.41) is 0. The van der Waals surface area contributed by atoms with Crippen molar-refractivity contribution in [3.05, 3.63) is 48.2 Å². The Balaban J connectivity index is 2.13. The summed E-state index contributed by atoms with van der Waals surface area (Å²) >= 11 is 0. The van der Waals surface area contributed by atoms with E-state index < -0.39 is 0 Å². The summed E-state index contributed by atoms with van der Waals surface area (Å²) < 4.78 is 0. The number of para-hydroxylation sites is 1. The van der Waals surface area contributed by atoms with Gasteiger partial charge in [0.25, 0.3) is 0 Å². The molecule has 1 aromatic heterocycles. The number of nitrogen functional groups attached to an aromatic ring is 1. The summed E-state index contributed by atoms with van der Waals surface area (Å²) in [5.41, 5.74) is 9.60. The van der Waals surface area contributed by atoms with Gasteiger partial charge < -0.3 is 10.6 Å². The van der Waals surface area contributed by atoms with Crippen molar-refractivity contribution >= 4 is 17.2 Å². The molecule has 0 radical (unpaired) electrons. The molecular formula is C14H15N3. The molecule has 2 aromatic rings. The van der Waals surface area contributed by atoms with Gasteiger partial charge in [0, 0.05) is 17.9 Å². The lowest BCUT2D eigenvalue weighted by molar-refractivity contribution is 0.758. The molecule has 0 saturated heterocycles. The first-order valence-electron chi connectivity index (χ1n) is 5.85. The number of hydrogen-bond acceptors (Lipinski definition) is 3. The molecule has 1 unspecified atom stereocenters. The zero-order valence-electron chi connectivity index (χ0n) is 9.80. The number of hydrogen-bond donors (Lipinski definition) is 1. The first-order chi connectivity index (χ1) is 8.27. The fraction of sp³-hybridized carbons (Fsp3) is 0.214. The number of anilines is 3. The van der Waals surface area contributed by atoms with Gasteiger partial charge in [-0.25, -0.2) is 4.98 Å². The summed E-state index contributed by atoms with van der Waals surface area (Å²) in [4.78, 5) is 6.44. The van der Waals surface area contributed by atoms with Crippen molar-refractivity contribution in [3.8, 4) is 0 Å². The largest absolute Gasteiger partial charge is 0.382 e. The first-order valence-corrected chi connectivity index (χ1v) is 5.85. The number of aromatic nitrogens is 1. The van der Waals surface area contributed by atoms with Crippen molar-refractivity contribution in [1.29, 1.82) is 0 Å². The summed E-state index contributed by atoms with van der Waals surface area (Å²) in [6.07, 6.45) is 2.79. The molecule has 86 valence electrons. The minimum absolute atomic E-state index is 0.430. The van der Waals surface area contributed by atoms with Gasteiger partial charge in [-0.2, -0.15) is 0 Å². The zero-order chi connectivity index (χ0) is 11.8. The summed E-state index contributed by atoms with van der Waals surface area (Å²) in [6.45, 7) is 2.21. The third kappa shape index (κ3) is 1.55. The molecule has 2 heterocycles. The van der Waals surface area contributed by atoms with Crippen molar-refractivity contribution < 1.29 is 0 Å². The maximum Gasteiger partial charge on any atom is 0.147 e. The van der Waals surface area contributed by atoms with E-state index in [1.54, 1.807) is 6.20 Å². The van der Waals surface area contributed by atoms with Gasteiger partial charge in [0.15, 0.2) is 0 Å². The molecular weight excluding hydrogens is 210 g/mol. The molecule has 1 aliphatic heterocycles. The fourth-order valence-electron chi connectivity index (χ4n) is 2.55. The van der Waals surface area contributed by atoms with Gasteiger partial charge in [-0.15, -0.1) is 0 Å². The van der Waals surface area contributed by atoms with Gasteiger partial charge in [0.05, 0.1) is 5.69 Å². The second-order valence-electron chi connectivity index (χ2n) is 4.46. The molecule has 0 spiro atoms. The van der Waals surface area contributed by atoms with Gasteiger partial charge in [0.2, 0.25) is 0 Å². The highest BCUT2D eigenvalue weighted by molar-refractivity contribution is 5.77. The van der Waals surface area contributed by atoms with E-state index in [-0.39, 0.29) is 0 Å². The minimum Gasteiger partial charge on any atom is -0.382 e. The highest BCUT2D eigenvalue weighted by Gasteiger charge is 2.27. The Labute approximate surface area is 101 Å². The monoisotopic (exact) mass is 225 g/mol. The van der Waals surface area contributed by atoms with Crippen LogP contribution in [0.2, 0.25) is 0 Å². The Kier molecular flexibility index (Phi) is 2.25. The third-order valence-electron chi connectivity index (χ3n) is 3.28. The van der Waals surface area contributed by atoms with E-state index in [9.17, 15) is 0 Å². The molecule has 1 aliphatic rings. The minimum atomic E-state index is 0.430. The number of nitrogens with zero attached hydrogens (tertiary/aromatic N) is 2. The molecule has 0 aliphatic carbocycles. The lowest BCUT2D eigenvalue weighted by Gasteiger charge is -2.25. The molecule has 17 heavy (non-hydrogen) atoms. The van der Waals surface area contributed by atoms with E-state index >= 15 is 0 Å². The predicted molar refractivity (Wildman–Crippen MR) is 70.4 cm³/mol. The van der Waals surface area contributed by atoms with E-state index in [1.807, 2.05) is 12.1 Å². The van der Waals surface area contributed by atoms with Crippen molar-refractivity contribution in [3.63, 3.8) is 0 Å². The molecule has 0 fully saturated rings. The van der Waals surface area contributed by atoms with Crippen molar-refractivity contribution in [2.45, 2.75) is 19.4 Å². The smallest absolute Gasteiger partial charge is 0.147 e. The Hall–Kier alpha value is -2.03. The van der Waals surface area contributed by atoms with Gasteiger partial charge in [-0.1, -0.05) is 18.2 Å². The SMILES string of the molecule is CC1Cc2ccccc2N1c1cccnc1N. The average molecular weight is 225 g/mol. The van der Waals surface area contributed by atoms with E-state index in [1.165, 1.54) is 11.3 Å². The van der Waals surface area contributed by atoms with Gasteiger partial charge in [-0.3, -0.25) is 0 Å². The summed E-state index contributed by atoms with van der Waals surface area (Å²) in [7, 11) is 0. The van der Waals surface area contributed by atoms with E-state index in [2.05, 4.69) is 41.1 Å². The topological polar surface area (TPSA) is 42.2 Å². The van der Waals surface area contributed by atoms with Crippen molar-refractivity contribution in [2.24, 2.45) is 0 Å². The summed E-state index contributed by atoms with van der Waals surface area (Å²) in [5.74, 6) is 0.594. The second-order valence-corrected chi connectivity index (χ2v) is 4.46. The van der Waals surface area contributed by atoms with Crippen LogP contribution < -0.4 is 10.6 Å². The Morgan fingerprint density at radius 1 is 1.18 bits per heavy atom. The fourth-order valence-corrected chi connectivity index (χ4v) is 2.55. The van der Waals surface area contributed by atoms with Crippen LogP contribution in [-0.4, -0.2) is 11.0 Å². The van der Waals surface area contributed by atoms with Gasteiger partial charge in [0.1, 0.15) is 5.82 Å². The van der Waals surface area contributed by atoms with Crippen LogP contribution in [0, 0.1) is 0 Å². The van der Waals surface area contributed by atoms with Gasteiger partial charge >= 0.3 is 0 Å². The van der Waals surface area contributed by atoms with Gasteiger partial charge in [-0.05, 0) is 37.1 Å². The van der Waals surface area contributed by atoms with Crippen LogP contribution in [-0.2, 0) is 6.42 Å². The average Bonchev–Trinajstić information content (AvgIpc) is 2.66. The highest BCUT2D eigenvalue weighted by Crippen LogP contribution is 2.39. The van der Waals surface area contributed by atoms with Crippen LogP contribution in [0.5, 0.6) is 0 Å². The summed E-state index contributed by atoms with van der Waals surface area (Å²) in [6, 6.07) is 12.9. The molecule has 1 aromatic carbocycles. The number of pyridine rings is 1. The molecule has 1 atom stereocenters. The first kappa shape index (κ1) is 10.1. The molecule has 0 bridgehead atoms. The van der Waals surface area contributed by atoms with E-state index in [0.29, 0.717) is 11.9 Å². The predicted octanol–water partition coefficient (Wildman–Crippen LogP) is 2.75. The van der Waals surface area contributed by atoms with Crippen LogP contribution in [0.4, 0.5) is 17.2 Å². The van der Waals surface area contributed by atoms with Crippen LogP contribution in [0.3, 0.4) is 0 Å². The zero-order valence-corrected chi connectivity index (χ0v) is 9.80. The van der Waals surface area contributed by atoms with Crippen LogP contribution in [0.15, 0.2) is 42.6 Å². The molecule has 0 saturated carbocycles. The number of nitrogens with two attached hydrogens (primary N) is 1. The van der Waals surface area contributed by atoms with Crippen molar-refractivity contribution in [1.82, 2.24) is 4.98 Å². The maximum atomic E-state index is 5.97. The van der Waals surface area contributed by atoms with E-state index in [4.69, 9.17) is 5.73 Å². The van der Waals surface area contributed by atoms with Crippen LogP contribution >= 0.6 is 0 Å². The number of fused-ring (bicyclic) bond motifs is 1.